The first-order valence-corrected chi connectivity index (χ1v) is 8.31. The lowest BCUT2D eigenvalue weighted by Crippen LogP contribution is -2.09. The van der Waals surface area contributed by atoms with E-state index in [9.17, 15) is 5.11 Å². The van der Waals surface area contributed by atoms with E-state index in [2.05, 4.69) is 27.6 Å². The highest BCUT2D eigenvalue weighted by Gasteiger charge is 2.18. The third kappa shape index (κ3) is 2.58. The van der Waals surface area contributed by atoms with E-state index in [0.29, 0.717) is 5.25 Å². The van der Waals surface area contributed by atoms with Gasteiger partial charge in [0.05, 0.1) is 11.7 Å². The van der Waals surface area contributed by atoms with Crippen LogP contribution in [0.15, 0.2) is 47.5 Å². The summed E-state index contributed by atoms with van der Waals surface area (Å²) >= 11 is 1.93. The van der Waals surface area contributed by atoms with E-state index in [-0.39, 0.29) is 5.75 Å². The minimum absolute atomic E-state index is 0.290. The van der Waals surface area contributed by atoms with Crippen LogP contribution in [0.1, 0.15) is 6.42 Å². The molecule has 0 radical (unpaired) electrons. The zero-order valence-corrected chi connectivity index (χ0v) is 12.9. The maximum atomic E-state index is 9.46. The molecule has 1 aliphatic rings. The van der Waals surface area contributed by atoms with Gasteiger partial charge in [-0.3, -0.25) is 5.10 Å². The molecule has 0 spiro atoms. The van der Waals surface area contributed by atoms with Crippen LogP contribution in [0.5, 0.6) is 5.75 Å². The van der Waals surface area contributed by atoms with Gasteiger partial charge in [0.2, 0.25) is 0 Å². The molecule has 0 unspecified atom stereocenters. The number of benzene rings is 2. The van der Waals surface area contributed by atoms with Gasteiger partial charge in [-0.2, -0.15) is 5.10 Å². The molecule has 1 aromatic heterocycles. The molecule has 1 atom stereocenters. The lowest BCUT2D eigenvalue weighted by molar-refractivity contribution is 0.475. The summed E-state index contributed by atoms with van der Waals surface area (Å²) in [6.07, 6.45) is 3.11. The second kappa shape index (κ2) is 5.66. The van der Waals surface area contributed by atoms with E-state index in [4.69, 9.17) is 0 Å². The van der Waals surface area contributed by atoms with Crippen molar-refractivity contribution in [3.8, 4) is 16.9 Å². The average molecular weight is 311 g/mol. The van der Waals surface area contributed by atoms with Crippen LogP contribution in [-0.2, 0) is 0 Å². The molecule has 4 rings (SSSR count). The second-order valence-electron chi connectivity index (χ2n) is 5.59. The highest BCUT2D eigenvalue weighted by atomic mass is 32.2. The van der Waals surface area contributed by atoms with Crippen molar-refractivity contribution in [2.24, 2.45) is 0 Å². The maximum Gasteiger partial charge on any atom is 0.115 e. The number of thioether (sulfide) groups is 1. The number of nitrogens with one attached hydrogen (secondary N) is 2. The smallest absolute Gasteiger partial charge is 0.115 e. The van der Waals surface area contributed by atoms with Crippen molar-refractivity contribution >= 4 is 22.7 Å². The van der Waals surface area contributed by atoms with Gasteiger partial charge < -0.3 is 10.4 Å². The van der Waals surface area contributed by atoms with Crippen LogP contribution in [0.4, 0.5) is 0 Å². The van der Waals surface area contributed by atoms with Crippen molar-refractivity contribution in [3.05, 3.63) is 42.6 Å². The van der Waals surface area contributed by atoms with E-state index in [1.54, 1.807) is 12.1 Å². The maximum absolute atomic E-state index is 9.46. The number of aromatic hydroxyl groups is 1. The van der Waals surface area contributed by atoms with Crippen molar-refractivity contribution in [1.29, 1.82) is 0 Å². The van der Waals surface area contributed by atoms with Crippen LogP contribution in [-0.4, -0.2) is 33.6 Å². The van der Waals surface area contributed by atoms with Crippen molar-refractivity contribution in [2.45, 2.75) is 16.6 Å². The normalized spacial score (nSPS) is 18.1. The van der Waals surface area contributed by atoms with Gasteiger partial charge in [0.25, 0.3) is 0 Å². The standard InChI is InChI=1S/C17H17N3OS/c21-13-3-1-11(2-4-13)12-7-16-15(10-19-20-16)17(8-12)22-14-5-6-18-9-14/h1-4,7-8,10,14,18,21H,5-6,9H2,(H,19,20)/t14-/m0/s1. The SMILES string of the molecule is Oc1ccc(-c2cc(S[C@H]3CCNC3)c3cn[nH]c3c2)cc1. The fourth-order valence-corrected chi connectivity index (χ4v) is 4.13. The van der Waals surface area contributed by atoms with Gasteiger partial charge in [-0.05, 0) is 48.4 Å². The van der Waals surface area contributed by atoms with Gasteiger partial charge in [-0.15, -0.1) is 11.8 Å². The summed E-state index contributed by atoms with van der Waals surface area (Å²) < 4.78 is 0. The molecule has 1 aliphatic heterocycles. The third-order valence-electron chi connectivity index (χ3n) is 4.03. The molecule has 0 saturated carbocycles. The quantitative estimate of drug-likeness (QED) is 0.694. The first-order valence-electron chi connectivity index (χ1n) is 7.43. The van der Waals surface area contributed by atoms with Crippen LogP contribution in [0.2, 0.25) is 0 Å². The summed E-state index contributed by atoms with van der Waals surface area (Å²) in [5, 5.41) is 21.9. The van der Waals surface area contributed by atoms with E-state index in [1.165, 1.54) is 16.7 Å². The Bertz CT molecular complexity index is 791. The summed E-state index contributed by atoms with van der Waals surface area (Å²) in [5.41, 5.74) is 3.30. The van der Waals surface area contributed by atoms with E-state index in [1.807, 2.05) is 30.1 Å². The van der Waals surface area contributed by atoms with E-state index in [0.717, 1.165) is 29.7 Å². The number of nitrogens with zero attached hydrogens (tertiary/aromatic N) is 1. The van der Waals surface area contributed by atoms with E-state index < -0.39 is 0 Å². The Balaban J connectivity index is 1.77. The monoisotopic (exact) mass is 311 g/mol. The Morgan fingerprint density at radius 1 is 1.14 bits per heavy atom. The molecule has 22 heavy (non-hydrogen) atoms. The van der Waals surface area contributed by atoms with Crippen LogP contribution in [0, 0.1) is 0 Å². The summed E-state index contributed by atoms with van der Waals surface area (Å²) in [5.74, 6) is 0.290. The molecular weight excluding hydrogens is 294 g/mol. The number of aromatic amines is 1. The molecule has 2 heterocycles. The Kier molecular flexibility index (Phi) is 3.52. The number of aromatic nitrogens is 2. The predicted octanol–water partition coefficient (Wildman–Crippen LogP) is 3.39. The number of phenolic OH excluding ortho intramolecular Hbond substituents is 1. The van der Waals surface area contributed by atoms with E-state index >= 15 is 0 Å². The summed E-state index contributed by atoms with van der Waals surface area (Å²) in [4.78, 5) is 1.27. The molecule has 1 fully saturated rings. The molecule has 1 saturated heterocycles. The topological polar surface area (TPSA) is 60.9 Å². The first-order chi connectivity index (χ1) is 10.8. The highest BCUT2D eigenvalue weighted by Crippen LogP contribution is 2.36. The zero-order valence-electron chi connectivity index (χ0n) is 12.0. The zero-order chi connectivity index (χ0) is 14.9. The Morgan fingerprint density at radius 2 is 2.00 bits per heavy atom. The molecular formula is C17H17N3OS. The van der Waals surface area contributed by atoms with Crippen LogP contribution in [0.3, 0.4) is 0 Å². The van der Waals surface area contributed by atoms with Gasteiger partial charge >= 0.3 is 0 Å². The van der Waals surface area contributed by atoms with Gasteiger partial charge in [-0.25, -0.2) is 0 Å². The second-order valence-corrected chi connectivity index (χ2v) is 6.93. The van der Waals surface area contributed by atoms with Gasteiger partial charge in [0.15, 0.2) is 0 Å². The van der Waals surface area contributed by atoms with Crippen molar-refractivity contribution < 1.29 is 5.11 Å². The average Bonchev–Trinajstić information content (AvgIpc) is 3.19. The largest absolute Gasteiger partial charge is 0.508 e. The van der Waals surface area contributed by atoms with Gasteiger partial charge in [0, 0.05) is 22.1 Å². The molecule has 0 amide bonds. The van der Waals surface area contributed by atoms with Crippen LogP contribution < -0.4 is 5.32 Å². The molecule has 5 heteroatoms. The van der Waals surface area contributed by atoms with Crippen LogP contribution >= 0.6 is 11.8 Å². The Morgan fingerprint density at radius 3 is 2.77 bits per heavy atom. The lowest BCUT2D eigenvalue weighted by atomic mass is 10.0. The number of hydrogen-bond acceptors (Lipinski definition) is 4. The Hall–Kier alpha value is -1.98. The van der Waals surface area contributed by atoms with Crippen molar-refractivity contribution in [1.82, 2.24) is 15.5 Å². The molecule has 0 aliphatic carbocycles. The molecule has 0 bridgehead atoms. The summed E-state index contributed by atoms with van der Waals surface area (Å²) in [7, 11) is 0. The number of phenols is 1. The van der Waals surface area contributed by atoms with Crippen LogP contribution in [0.25, 0.3) is 22.0 Å². The number of fused-ring (bicyclic) bond motifs is 1. The first kappa shape index (κ1) is 13.7. The molecule has 3 aromatic rings. The fraction of sp³-hybridized carbons (Fsp3) is 0.235. The Labute approximate surface area is 132 Å². The van der Waals surface area contributed by atoms with Crippen molar-refractivity contribution in [3.63, 3.8) is 0 Å². The van der Waals surface area contributed by atoms with Crippen molar-refractivity contribution in [2.75, 3.05) is 13.1 Å². The van der Waals surface area contributed by atoms with Gasteiger partial charge in [0.1, 0.15) is 5.75 Å². The summed E-state index contributed by atoms with van der Waals surface area (Å²) in [6, 6.07) is 11.7. The molecule has 4 nitrogen and oxygen atoms in total. The fourth-order valence-electron chi connectivity index (χ4n) is 2.85. The lowest BCUT2D eigenvalue weighted by Gasteiger charge is -2.11. The molecule has 3 N–H and O–H groups in total. The number of rotatable bonds is 3. The highest BCUT2D eigenvalue weighted by molar-refractivity contribution is 8.00. The molecule has 2 aromatic carbocycles. The number of H-pyrrole nitrogens is 1. The molecule has 112 valence electrons. The van der Waals surface area contributed by atoms with Gasteiger partial charge in [-0.1, -0.05) is 12.1 Å². The number of hydrogen-bond donors (Lipinski definition) is 3. The third-order valence-corrected chi connectivity index (χ3v) is 5.36. The minimum atomic E-state index is 0.290. The predicted molar refractivity (Wildman–Crippen MR) is 90.3 cm³/mol. The summed E-state index contributed by atoms with van der Waals surface area (Å²) in [6.45, 7) is 2.16. The minimum Gasteiger partial charge on any atom is -0.508 e.